The number of methoxy groups -OCH3 is 1. The molecular formula is C25H33Cl2N3O5S. The molecule has 2 aromatic rings. The molecule has 0 aliphatic heterocycles. The van der Waals surface area contributed by atoms with Crippen molar-refractivity contribution in [2.45, 2.75) is 52.2 Å². The third kappa shape index (κ3) is 8.01. The van der Waals surface area contributed by atoms with Crippen LogP contribution >= 0.6 is 23.2 Å². The van der Waals surface area contributed by atoms with E-state index in [0.717, 1.165) is 10.6 Å². The first-order valence-corrected chi connectivity index (χ1v) is 13.9. The monoisotopic (exact) mass is 557 g/mol. The predicted molar refractivity (Wildman–Crippen MR) is 144 cm³/mol. The number of benzene rings is 2. The van der Waals surface area contributed by atoms with Crippen LogP contribution in [0.4, 0.5) is 5.69 Å². The zero-order valence-corrected chi connectivity index (χ0v) is 23.7. The number of carbonyl (C=O) groups is 2. The summed E-state index contributed by atoms with van der Waals surface area (Å²) in [7, 11) is -2.44. The highest BCUT2D eigenvalue weighted by atomic mass is 35.5. The van der Waals surface area contributed by atoms with Crippen LogP contribution in [-0.4, -0.2) is 56.6 Å². The van der Waals surface area contributed by atoms with Crippen molar-refractivity contribution in [1.29, 1.82) is 0 Å². The summed E-state index contributed by atoms with van der Waals surface area (Å²) < 4.78 is 31.5. The Labute approximate surface area is 223 Å². The molecule has 1 unspecified atom stereocenters. The van der Waals surface area contributed by atoms with Crippen molar-refractivity contribution in [3.05, 3.63) is 58.1 Å². The fourth-order valence-corrected chi connectivity index (χ4v) is 4.90. The maximum atomic E-state index is 13.7. The number of carbonyl (C=O) groups excluding carboxylic acids is 2. The van der Waals surface area contributed by atoms with Gasteiger partial charge in [0, 0.05) is 17.1 Å². The Hall–Kier alpha value is -2.49. The standard InChI is InChI=1S/C25H33Cl2N3O5S/c1-7-21(24(32)28-25(2,3)4)29(15-17-10-8-9-11-19(17)26)23(31)16-30(36(6,33)34)18-12-13-22(35-5)20(27)14-18/h8-14,21H,7,15-16H2,1-6H3,(H,28,32). The second kappa shape index (κ2) is 12.2. The lowest BCUT2D eigenvalue weighted by Crippen LogP contribution is -2.55. The van der Waals surface area contributed by atoms with Gasteiger partial charge in [0.05, 0.1) is 24.1 Å². The number of rotatable bonds is 10. The van der Waals surface area contributed by atoms with Crippen LogP contribution < -0.4 is 14.4 Å². The van der Waals surface area contributed by atoms with Gasteiger partial charge in [-0.05, 0) is 57.0 Å². The van der Waals surface area contributed by atoms with Crippen LogP contribution in [0.5, 0.6) is 5.75 Å². The lowest BCUT2D eigenvalue weighted by atomic mass is 10.1. The average Bonchev–Trinajstić information content (AvgIpc) is 2.76. The zero-order chi connectivity index (χ0) is 27.3. The molecule has 0 spiro atoms. The van der Waals surface area contributed by atoms with Gasteiger partial charge in [-0.1, -0.05) is 48.3 Å². The Morgan fingerprint density at radius 1 is 1.08 bits per heavy atom. The highest BCUT2D eigenvalue weighted by Gasteiger charge is 2.33. The average molecular weight is 559 g/mol. The summed E-state index contributed by atoms with van der Waals surface area (Å²) >= 11 is 12.6. The van der Waals surface area contributed by atoms with Gasteiger partial charge in [-0.25, -0.2) is 8.42 Å². The van der Waals surface area contributed by atoms with E-state index in [1.807, 2.05) is 20.8 Å². The number of nitrogens with zero attached hydrogens (tertiary/aromatic N) is 2. The highest BCUT2D eigenvalue weighted by Crippen LogP contribution is 2.30. The topological polar surface area (TPSA) is 96.0 Å². The first-order valence-electron chi connectivity index (χ1n) is 11.3. The fourth-order valence-electron chi connectivity index (χ4n) is 3.61. The van der Waals surface area contributed by atoms with Gasteiger partial charge >= 0.3 is 0 Å². The molecule has 0 saturated heterocycles. The number of nitrogens with one attached hydrogen (secondary N) is 1. The Kier molecular flexibility index (Phi) is 10.0. The van der Waals surface area contributed by atoms with E-state index in [1.165, 1.54) is 30.2 Å². The van der Waals surface area contributed by atoms with Crippen molar-refractivity contribution in [2.75, 3.05) is 24.2 Å². The van der Waals surface area contributed by atoms with Crippen LogP contribution in [0.3, 0.4) is 0 Å². The van der Waals surface area contributed by atoms with Crippen molar-refractivity contribution in [2.24, 2.45) is 0 Å². The van der Waals surface area contributed by atoms with E-state index in [-0.39, 0.29) is 23.2 Å². The number of hydrogen-bond acceptors (Lipinski definition) is 5. The van der Waals surface area contributed by atoms with Crippen LogP contribution in [0.15, 0.2) is 42.5 Å². The normalized spacial score (nSPS) is 12.6. The molecule has 1 atom stereocenters. The molecule has 0 aromatic heterocycles. The molecule has 0 bridgehead atoms. The van der Waals surface area contributed by atoms with Gasteiger partial charge in [0.25, 0.3) is 0 Å². The van der Waals surface area contributed by atoms with Crippen LogP contribution in [-0.2, 0) is 26.2 Å². The molecule has 0 radical (unpaired) electrons. The molecule has 0 heterocycles. The number of halogens is 2. The van der Waals surface area contributed by atoms with E-state index in [0.29, 0.717) is 22.8 Å². The van der Waals surface area contributed by atoms with E-state index in [4.69, 9.17) is 27.9 Å². The molecule has 36 heavy (non-hydrogen) atoms. The van der Waals surface area contributed by atoms with Gasteiger partial charge in [-0.2, -0.15) is 0 Å². The minimum Gasteiger partial charge on any atom is -0.495 e. The summed E-state index contributed by atoms with van der Waals surface area (Å²) in [5, 5.41) is 3.54. The largest absolute Gasteiger partial charge is 0.495 e. The lowest BCUT2D eigenvalue weighted by molar-refractivity contribution is -0.141. The summed E-state index contributed by atoms with van der Waals surface area (Å²) in [6, 6.07) is 10.6. The molecule has 8 nitrogen and oxygen atoms in total. The maximum absolute atomic E-state index is 13.7. The van der Waals surface area contributed by atoms with Crippen molar-refractivity contribution in [3.63, 3.8) is 0 Å². The fraction of sp³-hybridized carbons (Fsp3) is 0.440. The maximum Gasteiger partial charge on any atom is 0.244 e. The number of hydrogen-bond donors (Lipinski definition) is 1. The van der Waals surface area contributed by atoms with Gasteiger partial charge < -0.3 is 15.0 Å². The number of amides is 2. The van der Waals surface area contributed by atoms with Crippen molar-refractivity contribution in [3.8, 4) is 5.75 Å². The molecule has 0 fully saturated rings. The molecule has 198 valence electrons. The number of sulfonamides is 1. The molecular weight excluding hydrogens is 525 g/mol. The molecule has 0 saturated carbocycles. The summed E-state index contributed by atoms with van der Waals surface area (Å²) in [5.74, 6) is -0.544. The molecule has 2 aromatic carbocycles. The minimum atomic E-state index is -3.89. The first-order chi connectivity index (χ1) is 16.7. The predicted octanol–water partition coefficient (Wildman–Crippen LogP) is 4.49. The number of ether oxygens (including phenoxy) is 1. The molecule has 1 N–H and O–H groups in total. The van der Waals surface area contributed by atoms with E-state index < -0.39 is 34.1 Å². The van der Waals surface area contributed by atoms with Gasteiger partial charge in [0.15, 0.2) is 0 Å². The van der Waals surface area contributed by atoms with Crippen LogP contribution in [0, 0.1) is 0 Å². The molecule has 2 rings (SSSR count). The smallest absolute Gasteiger partial charge is 0.244 e. The summed E-state index contributed by atoms with van der Waals surface area (Å²) in [6.45, 7) is 6.81. The molecule has 11 heteroatoms. The third-order valence-corrected chi connectivity index (χ3v) is 7.09. The Balaban J connectivity index is 2.50. The lowest BCUT2D eigenvalue weighted by Gasteiger charge is -2.34. The van der Waals surface area contributed by atoms with Gasteiger partial charge in [-0.15, -0.1) is 0 Å². The Morgan fingerprint density at radius 3 is 2.22 bits per heavy atom. The van der Waals surface area contributed by atoms with Crippen molar-refractivity contribution >= 4 is 50.7 Å². The summed E-state index contributed by atoms with van der Waals surface area (Å²) in [6.07, 6.45) is 1.31. The van der Waals surface area contributed by atoms with Gasteiger partial charge in [-0.3, -0.25) is 13.9 Å². The minimum absolute atomic E-state index is 0.0234. The Morgan fingerprint density at radius 2 is 1.72 bits per heavy atom. The van der Waals surface area contributed by atoms with E-state index >= 15 is 0 Å². The van der Waals surface area contributed by atoms with Crippen molar-refractivity contribution < 1.29 is 22.7 Å². The quantitative estimate of drug-likeness (QED) is 0.464. The molecule has 0 aliphatic rings. The second-order valence-electron chi connectivity index (χ2n) is 9.36. The number of anilines is 1. The van der Waals surface area contributed by atoms with E-state index in [1.54, 1.807) is 31.2 Å². The van der Waals surface area contributed by atoms with Gasteiger partial charge in [0.1, 0.15) is 18.3 Å². The van der Waals surface area contributed by atoms with Crippen molar-refractivity contribution in [1.82, 2.24) is 10.2 Å². The summed E-state index contributed by atoms with van der Waals surface area (Å²) in [5.41, 5.74) is 0.303. The zero-order valence-electron chi connectivity index (χ0n) is 21.3. The third-order valence-electron chi connectivity index (χ3n) is 5.29. The van der Waals surface area contributed by atoms with E-state index in [9.17, 15) is 18.0 Å². The highest BCUT2D eigenvalue weighted by molar-refractivity contribution is 7.92. The Bertz CT molecular complexity index is 1200. The van der Waals surface area contributed by atoms with E-state index in [2.05, 4.69) is 5.32 Å². The van der Waals surface area contributed by atoms with Gasteiger partial charge in [0.2, 0.25) is 21.8 Å². The summed E-state index contributed by atoms with van der Waals surface area (Å²) in [4.78, 5) is 28.3. The van der Waals surface area contributed by atoms with Crippen LogP contribution in [0.1, 0.15) is 39.7 Å². The second-order valence-corrected chi connectivity index (χ2v) is 12.1. The van der Waals surface area contributed by atoms with Crippen LogP contribution in [0.25, 0.3) is 0 Å². The first kappa shape index (κ1) is 29.7. The van der Waals surface area contributed by atoms with Crippen LogP contribution in [0.2, 0.25) is 10.0 Å². The molecule has 0 aliphatic carbocycles. The SMILES string of the molecule is CCC(C(=O)NC(C)(C)C)N(Cc1ccccc1Cl)C(=O)CN(c1ccc(OC)c(Cl)c1)S(C)(=O)=O. The molecule has 2 amide bonds.